The number of rotatable bonds is 9. The van der Waals surface area contributed by atoms with Crippen molar-refractivity contribution in [1.82, 2.24) is 14.9 Å². The van der Waals surface area contributed by atoms with Crippen molar-refractivity contribution in [3.05, 3.63) is 65.9 Å². The Bertz CT molecular complexity index is 961. The second kappa shape index (κ2) is 10.0. The lowest BCUT2D eigenvalue weighted by atomic mass is 10.1. The van der Waals surface area contributed by atoms with E-state index < -0.39 is 6.10 Å². The van der Waals surface area contributed by atoms with Crippen LogP contribution >= 0.6 is 0 Å². The maximum absolute atomic E-state index is 9.89. The summed E-state index contributed by atoms with van der Waals surface area (Å²) in [6.45, 7) is 4.80. The molecule has 0 aliphatic heterocycles. The lowest BCUT2D eigenvalue weighted by molar-refractivity contribution is 0.0831. The van der Waals surface area contributed by atoms with Gasteiger partial charge in [0.05, 0.1) is 0 Å². The van der Waals surface area contributed by atoms with Gasteiger partial charge >= 0.3 is 6.01 Å². The van der Waals surface area contributed by atoms with Crippen molar-refractivity contribution >= 4 is 11.5 Å². The first-order valence-corrected chi connectivity index (χ1v) is 9.80. The van der Waals surface area contributed by atoms with E-state index in [0.717, 1.165) is 22.6 Å². The highest BCUT2D eigenvalue weighted by atomic mass is 16.5. The minimum absolute atomic E-state index is 0.246. The third kappa shape index (κ3) is 6.43. The topological polar surface area (TPSA) is 79.7 Å². The molecule has 30 heavy (non-hydrogen) atoms. The Morgan fingerprint density at radius 3 is 2.57 bits per heavy atom. The Labute approximate surface area is 177 Å². The summed E-state index contributed by atoms with van der Waals surface area (Å²) in [7, 11) is 3.82. The molecule has 0 radical (unpaired) electrons. The highest BCUT2D eigenvalue weighted by molar-refractivity contribution is 5.57. The Hall–Kier alpha value is -3.16. The summed E-state index contributed by atoms with van der Waals surface area (Å²) in [5, 5.41) is 13.1. The summed E-state index contributed by atoms with van der Waals surface area (Å²) in [5.74, 6) is 2.06. The van der Waals surface area contributed by atoms with Gasteiger partial charge in [-0.05, 0) is 75.5 Å². The summed E-state index contributed by atoms with van der Waals surface area (Å²) in [5.41, 5.74) is 2.99. The van der Waals surface area contributed by atoms with Crippen molar-refractivity contribution in [2.24, 2.45) is 0 Å². The van der Waals surface area contributed by atoms with E-state index in [-0.39, 0.29) is 12.6 Å². The van der Waals surface area contributed by atoms with Crippen LogP contribution in [-0.4, -0.2) is 53.3 Å². The first-order chi connectivity index (χ1) is 14.4. The fourth-order valence-corrected chi connectivity index (χ4v) is 2.82. The number of hydrogen-bond donors (Lipinski definition) is 2. The molecule has 1 heterocycles. The van der Waals surface area contributed by atoms with E-state index in [1.807, 2.05) is 75.3 Å². The van der Waals surface area contributed by atoms with E-state index in [2.05, 4.69) is 15.3 Å². The van der Waals surface area contributed by atoms with Gasteiger partial charge in [-0.1, -0.05) is 12.1 Å². The minimum atomic E-state index is -0.533. The van der Waals surface area contributed by atoms with Gasteiger partial charge in [0.1, 0.15) is 30.0 Å². The van der Waals surface area contributed by atoms with Crippen LogP contribution < -0.4 is 14.8 Å². The molecule has 158 valence electrons. The smallest absolute Gasteiger partial charge is 0.323 e. The van der Waals surface area contributed by atoms with Crippen LogP contribution in [0.1, 0.15) is 11.1 Å². The minimum Gasteiger partial charge on any atom is -0.491 e. The third-order valence-electron chi connectivity index (χ3n) is 4.32. The van der Waals surface area contributed by atoms with Crippen molar-refractivity contribution in [1.29, 1.82) is 0 Å². The van der Waals surface area contributed by atoms with E-state index in [9.17, 15) is 5.11 Å². The second-order valence-corrected chi connectivity index (χ2v) is 7.47. The zero-order chi connectivity index (χ0) is 21.5. The predicted octanol–water partition coefficient (Wildman–Crippen LogP) is 3.93. The maximum atomic E-state index is 9.89. The number of aliphatic hydroxyl groups excluding tert-OH is 1. The lowest BCUT2D eigenvalue weighted by Crippen LogP contribution is -2.30. The molecule has 2 aromatic carbocycles. The van der Waals surface area contributed by atoms with Crippen LogP contribution in [0.25, 0.3) is 0 Å². The normalized spacial score (nSPS) is 11.9. The number of ether oxygens (including phenoxy) is 2. The molecule has 2 N–H and O–H groups in total. The van der Waals surface area contributed by atoms with Crippen molar-refractivity contribution in [3.8, 4) is 17.5 Å². The standard InChI is InChI=1S/C23H28N4O3/c1-16-5-6-17(2)21(13-16)30-23-24-12-11-22(26-23)25-18-7-9-20(10-8-18)29-15-19(28)14-27(3)4/h5-13,19,28H,14-15H2,1-4H3,(H,24,25,26). The first-order valence-electron chi connectivity index (χ1n) is 9.80. The molecule has 0 aliphatic rings. The third-order valence-corrected chi connectivity index (χ3v) is 4.32. The van der Waals surface area contributed by atoms with Crippen LogP contribution in [0.2, 0.25) is 0 Å². The molecule has 7 heteroatoms. The molecule has 0 saturated carbocycles. The molecule has 0 spiro atoms. The van der Waals surface area contributed by atoms with E-state index in [0.29, 0.717) is 18.1 Å². The van der Waals surface area contributed by atoms with Gasteiger partial charge in [0.2, 0.25) is 0 Å². The molecule has 1 aromatic heterocycles. The van der Waals surface area contributed by atoms with Crippen molar-refractivity contribution in [3.63, 3.8) is 0 Å². The van der Waals surface area contributed by atoms with Crippen LogP contribution in [-0.2, 0) is 0 Å². The van der Waals surface area contributed by atoms with Crippen molar-refractivity contribution in [2.75, 3.05) is 32.6 Å². The van der Waals surface area contributed by atoms with Crippen LogP contribution in [0.5, 0.6) is 17.5 Å². The molecule has 0 aliphatic carbocycles. The summed E-state index contributed by atoms with van der Waals surface area (Å²) >= 11 is 0. The van der Waals surface area contributed by atoms with Gasteiger partial charge in [-0.15, -0.1) is 0 Å². The van der Waals surface area contributed by atoms with Gasteiger partial charge in [-0.25, -0.2) is 4.98 Å². The van der Waals surface area contributed by atoms with Gasteiger partial charge in [-0.2, -0.15) is 4.98 Å². The second-order valence-electron chi connectivity index (χ2n) is 7.47. The number of aliphatic hydroxyl groups is 1. The number of aryl methyl sites for hydroxylation is 2. The number of nitrogens with one attached hydrogen (secondary N) is 1. The van der Waals surface area contributed by atoms with E-state index in [1.54, 1.807) is 12.3 Å². The van der Waals surface area contributed by atoms with E-state index in [1.165, 1.54) is 0 Å². The number of aromatic nitrogens is 2. The van der Waals surface area contributed by atoms with E-state index >= 15 is 0 Å². The van der Waals surface area contributed by atoms with E-state index in [4.69, 9.17) is 9.47 Å². The Morgan fingerprint density at radius 1 is 1.07 bits per heavy atom. The Morgan fingerprint density at radius 2 is 1.83 bits per heavy atom. The molecule has 1 unspecified atom stereocenters. The van der Waals surface area contributed by atoms with Crippen LogP contribution in [0.4, 0.5) is 11.5 Å². The summed E-state index contributed by atoms with van der Waals surface area (Å²) in [6.07, 6.45) is 1.12. The number of hydrogen-bond acceptors (Lipinski definition) is 7. The largest absolute Gasteiger partial charge is 0.491 e. The Kier molecular flexibility index (Phi) is 7.21. The van der Waals surface area contributed by atoms with Crippen LogP contribution in [0.15, 0.2) is 54.7 Å². The maximum Gasteiger partial charge on any atom is 0.323 e. The highest BCUT2D eigenvalue weighted by Gasteiger charge is 2.08. The predicted molar refractivity (Wildman–Crippen MR) is 118 cm³/mol. The average Bonchev–Trinajstić information content (AvgIpc) is 2.70. The fraction of sp³-hybridized carbons (Fsp3) is 0.304. The molecule has 3 rings (SSSR count). The van der Waals surface area contributed by atoms with Gasteiger partial charge in [0, 0.05) is 18.4 Å². The van der Waals surface area contributed by atoms with Crippen LogP contribution in [0, 0.1) is 13.8 Å². The van der Waals surface area contributed by atoms with Gasteiger partial charge < -0.3 is 24.8 Å². The number of nitrogens with zero attached hydrogens (tertiary/aromatic N) is 3. The molecular formula is C23H28N4O3. The average molecular weight is 409 g/mol. The van der Waals surface area contributed by atoms with Gasteiger partial charge in [0.25, 0.3) is 0 Å². The number of benzene rings is 2. The fourth-order valence-electron chi connectivity index (χ4n) is 2.82. The summed E-state index contributed by atoms with van der Waals surface area (Å²) in [6, 6.07) is 15.5. The van der Waals surface area contributed by atoms with Crippen molar-refractivity contribution < 1.29 is 14.6 Å². The molecular weight excluding hydrogens is 380 g/mol. The molecule has 0 fully saturated rings. The number of likely N-dealkylation sites (N-methyl/N-ethyl adjacent to an activating group) is 1. The molecule has 0 saturated heterocycles. The summed E-state index contributed by atoms with van der Waals surface area (Å²) < 4.78 is 11.5. The zero-order valence-electron chi connectivity index (χ0n) is 17.8. The first kappa shape index (κ1) is 21.5. The molecule has 1 atom stereocenters. The summed E-state index contributed by atoms with van der Waals surface area (Å²) in [4.78, 5) is 10.5. The molecule has 7 nitrogen and oxygen atoms in total. The Balaban J connectivity index is 1.60. The SMILES string of the molecule is Cc1ccc(C)c(Oc2nccc(Nc3ccc(OCC(O)CN(C)C)cc3)n2)c1. The molecule has 3 aromatic rings. The lowest BCUT2D eigenvalue weighted by Gasteiger charge is -2.16. The van der Waals surface area contributed by atoms with Crippen molar-refractivity contribution in [2.45, 2.75) is 20.0 Å². The van der Waals surface area contributed by atoms with Gasteiger partial charge in [0.15, 0.2) is 0 Å². The number of anilines is 2. The van der Waals surface area contributed by atoms with Gasteiger partial charge in [-0.3, -0.25) is 0 Å². The molecule has 0 amide bonds. The van der Waals surface area contributed by atoms with Crippen LogP contribution in [0.3, 0.4) is 0 Å². The molecule has 0 bridgehead atoms. The zero-order valence-corrected chi connectivity index (χ0v) is 17.8. The quantitative estimate of drug-likeness (QED) is 0.555. The highest BCUT2D eigenvalue weighted by Crippen LogP contribution is 2.25. The monoisotopic (exact) mass is 408 g/mol.